The molecule has 1 heterocycles. The van der Waals surface area contributed by atoms with Crippen LogP contribution in [0.5, 0.6) is 0 Å². The second-order valence-electron chi connectivity index (χ2n) is 7.04. The van der Waals surface area contributed by atoms with Crippen molar-refractivity contribution < 1.29 is 9.53 Å². The van der Waals surface area contributed by atoms with E-state index in [1.807, 2.05) is 33.8 Å². The third-order valence-corrected chi connectivity index (χ3v) is 4.41. The minimum Gasteiger partial charge on any atom is -0.444 e. The van der Waals surface area contributed by atoms with Crippen LogP contribution >= 0.6 is 15.9 Å². The van der Waals surface area contributed by atoms with Crippen LogP contribution in [0.1, 0.15) is 26.3 Å². The Kier molecular flexibility index (Phi) is 5.57. The molecule has 0 aliphatic carbocycles. The molecular formula is C17H26BrN3O2. The van der Waals surface area contributed by atoms with Gasteiger partial charge in [-0.15, -0.1) is 0 Å². The van der Waals surface area contributed by atoms with Crippen LogP contribution in [0.15, 0.2) is 16.6 Å². The standard InChI is InChI=1S/C17H26BrN3O2/c1-12-10-15(21-8-6-20(5)7-9-21)13(18)11-14(12)19-16(22)23-17(2,3)4/h10-11H,6-9H2,1-5H3,(H,19,22). The lowest BCUT2D eigenvalue weighted by atomic mass is 10.1. The number of piperazine rings is 1. The Labute approximate surface area is 147 Å². The number of nitrogens with one attached hydrogen (secondary N) is 1. The van der Waals surface area contributed by atoms with E-state index in [-0.39, 0.29) is 0 Å². The van der Waals surface area contributed by atoms with Crippen LogP contribution in [0, 0.1) is 6.92 Å². The van der Waals surface area contributed by atoms with Crippen LogP contribution in [0.3, 0.4) is 0 Å². The van der Waals surface area contributed by atoms with Crippen molar-refractivity contribution >= 4 is 33.4 Å². The topological polar surface area (TPSA) is 44.8 Å². The third-order valence-electron chi connectivity index (χ3n) is 3.77. The van der Waals surface area contributed by atoms with E-state index >= 15 is 0 Å². The van der Waals surface area contributed by atoms with Crippen molar-refractivity contribution in [1.82, 2.24) is 4.90 Å². The molecule has 0 saturated carbocycles. The van der Waals surface area contributed by atoms with E-state index in [9.17, 15) is 4.79 Å². The molecule has 0 unspecified atom stereocenters. The molecule has 128 valence electrons. The summed E-state index contributed by atoms with van der Waals surface area (Å²) in [6, 6.07) is 4.06. The van der Waals surface area contributed by atoms with E-state index in [2.05, 4.69) is 44.2 Å². The van der Waals surface area contributed by atoms with E-state index in [0.29, 0.717) is 0 Å². The zero-order chi connectivity index (χ0) is 17.2. The minimum atomic E-state index is -0.505. The fourth-order valence-electron chi connectivity index (χ4n) is 2.50. The summed E-state index contributed by atoms with van der Waals surface area (Å²) in [5.41, 5.74) is 2.46. The van der Waals surface area contributed by atoms with E-state index in [1.165, 1.54) is 5.69 Å². The molecule has 0 radical (unpaired) electrons. The van der Waals surface area contributed by atoms with Crippen molar-refractivity contribution in [3.63, 3.8) is 0 Å². The molecule has 1 fully saturated rings. The number of rotatable bonds is 2. The predicted octanol–water partition coefficient (Wildman–Crippen LogP) is 3.86. The average Bonchev–Trinajstić information content (AvgIpc) is 2.41. The van der Waals surface area contributed by atoms with Gasteiger partial charge in [0.1, 0.15) is 5.60 Å². The second kappa shape index (κ2) is 7.09. The number of halogens is 1. The van der Waals surface area contributed by atoms with Crippen molar-refractivity contribution in [2.75, 3.05) is 43.4 Å². The molecule has 1 aliphatic heterocycles. The maximum Gasteiger partial charge on any atom is 0.412 e. The van der Waals surface area contributed by atoms with E-state index in [1.54, 1.807) is 0 Å². The number of amides is 1. The van der Waals surface area contributed by atoms with Crippen molar-refractivity contribution in [3.8, 4) is 0 Å². The largest absolute Gasteiger partial charge is 0.444 e. The van der Waals surface area contributed by atoms with Gasteiger partial charge in [-0.05, 0) is 68.4 Å². The Balaban J connectivity index is 2.12. The number of hydrogen-bond donors (Lipinski definition) is 1. The van der Waals surface area contributed by atoms with E-state index in [4.69, 9.17) is 4.74 Å². The lowest BCUT2D eigenvalue weighted by Gasteiger charge is -2.35. The lowest BCUT2D eigenvalue weighted by molar-refractivity contribution is 0.0636. The second-order valence-corrected chi connectivity index (χ2v) is 7.89. The molecule has 1 saturated heterocycles. The summed E-state index contributed by atoms with van der Waals surface area (Å²) < 4.78 is 6.30. The van der Waals surface area contributed by atoms with Gasteiger partial charge in [-0.2, -0.15) is 0 Å². The average molecular weight is 384 g/mol. The molecule has 0 atom stereocenters. The van der Waals surface area contributed by atoms with Crippen LogP contribution in [0.25, 0.3) is 0 Å². The SMILES string of the molecule is Cc1cc(N2CCN(C)CC2)c(Br)cc1NC(=O)OC(C)(C)C. The highest BCUT2D eigenvalue weighted by molar-refractivity contribution is 9.10. The van der Waals surface area contributed by atoms with Gasteiger partial charge < -0.3 is 14.5 Å². The zero-order valence-electron chi connectivity index (χ0n) is 14.6. The number of benzene rings is 1. The van der Waals surface area contributed by atoms with Gasteiger partial charge in [0.15, 0.2) is 0 Å². The molecule has 1 amide bonds. The molecule has 2 rings (SSSR count). The molecule has 1 aliphatic rings. The van der Waals surface area contributed by atoms with E-state index in [0.717, 1.165) is 41.9 Å². The Hall–Kier alpha value is -1.27. The Morgan fingerprint density at radius 3 is 2.39 bits per heavy atom. The molecule has 5 nitrogen and oxygen atoms in total. The minimum absolute atomic E-state index is 0.431. The van der Waals surface area contributed by atoms with Crippen LogP contribution in [0.4, 0.5) is 16.2 Å². The number of anilines is 2. The van der Waals surface area contributed by atoms with Gasteiger partial charge in [-0.1, -0.05) is 0 Å². The fraction of sp³-hybridized carbons (Fsp3) is 0.588. The van der Waals surface area contributed by atoms with Crippen LogP contribution in [-0.4, -0.2) is 49.8 Å². The van der Waals surface area contributed by atoms with Gasteiger partial charge in [0, 0.05) is 36.3 Å². The zero-order valence-corrected chi connectivity index (χ0v) is 16.2. The number of carbonyl (C=O) groups excluding carboxylic acids is 1. The van der Waals surface area contributed by atoms with Gasteiger partial charge in [-0.3, -0.25) is 5.32 Å². The molecule has 1 aromatic rings. The van der Waals surface area contributed by atoms with Gasteiger partial charge in [0.05, 0.1) is 5.69 Å². The Morgan fingerprint density at radius 2 is 1.83 bits per heavy atom. The highest BCUT2D eigenvalue weighted by Crippen LogP contribution is 2.33. The normalized spacial score (nSPS) is 16.3. The monoisotopic (exact) mass is 383 g/mol. The summed E-state index contributed by atoms with van der Waals surface area (Å²) in [5, 5.41) is 2.83. The highest BCUT2D eigenvalue weighted by Gasteiger charge is 2.20. The van der Waals surface area contributed by atoms with Gasteiger partial charge in [-0.25, -0.2) is 4.79 Å². The van der Waals surface area contributed by atoms with Crippen LogP contribution in [-0.2, 0) is 4.74 Å². The lowest BCUT2D eigenvalue weighted by Crippen LogP contribution is -2.44. The smallest absolute Gasteiger partial charge is 0.412 e. The molecule has 6 heteroatoms. The molecular weight excluding hydrogens is 358 g/mol. The first kappa shape index (κ1) is 18.1. The molecule has 0 bridgehead atoms. The summed E-state index contributed by atoms with van der Waals surface area (Å²) in [6.07, 6.45) is -0.431. The maximum absolute atomic E-state index is 11.9. The van der Waals surface area contributed by atoms with Crippen molar-refractivity contribution in [2.45, 2.75) is 33.3 Å². The molecule has 1 N–H and O–H groups in total. The predicted molar refractivity (Wildman–Crippen MR) is 98.4 cm³/mol. The highest BCUT2D eigenvalue weighted by atomic mass is 79.9. The quantitative estimate of drug-likeness (QED) is 0.841. The molecule has 0 spiro atoms. The van der Waals surface area contributed by atoms with Crippen molar-refractivity contribution in [1.29, 1.82) is 0 Å². The van der Waals surface area contributed by atoms with Crippen molar-refractivity contribution in [3.05, 3.63) is 22.2 Å². The first-order chi connectivity index (χ1) is 10.7. The summed E-state index contributed by atoms with van der Waals surface area (Å²) >= 11 is 3.64. The summed E-state index contributed by atoms with van der Waals surface area (Å²) in [5.74, 6) is 0. The molecule has 1 aromatic carbocycles. The number of carbonyl (C=O) groups is 1. The number of aryl methyl sites for hydroxylation is 1. The van der Waals surface area contributed by atoms with Gasteiger partial charge in [0.25, 0.3) is 0 Å². The fourth-order valence-corrected chi connectivity index (χ4v) is 3.10. The number of likely N-dealkylation sites (N-methyl/N-ethyl adjacent to an activating group) is 1. The van der Waals surface area contributed by atoms with Gasteiger partial charge in [0.2, 0.25) is 0 Å². The molecule has 23 heavy (non-hydrogen) atoms. The Bertz CT molecular complexity index is 576. The molecule has 0 aromatic heterocycles. The summed E-state index contributed by atoms with van der Waals surface area (Å²) in [4.78, 5) is 16.6. The first-order valence-electron chi connectivity index (χ1n) is 7.89. The summed E-state index contributed by atoms with van der Waals surface area (Å²) in [6.45, 7) is 11.7. The number of nitrogens with zero attached hydrogens (tertiary/aromatic N) is 2. The van der Waals surface area contributed by atoms with Crippen LogP contribution in [0.2, 0.25) is 0 Å². The maximum atomic E-state index is 11.9. The number of ether oxygens (including phenoxy) is 1. The van der Waals surface area contributed by atoms with Crippen LogP contribution < -0.4 is 10.2 Å². The number of hydrogen-bond acceptors (Lipinski definition) is 4. The van der Waals surface area contributed by atoms with E-state index < -0.39 is 11.7 Å². The third kappa shape index (κ3) is 5.11. The van der Waals surface area contributed by atoms with Gasteiger partial charge >= 0.3 is 6.09 Å². The summed E-state index contributed by atoms with van der Waals surface area (Å²) in [7, 11) is 2.14. The Morgan fingerprint density at radius 1 is 1.22 bits per heavy atom. The first-order valence-corrected chi connectivity index (χ1v) is 8.68. The van der Waals surface area contributed by atoms with Crippen molar-refractivity contribution in [2.24, 2.45) is 0 Å².